The molecule has 0 aromatic heterocycles. The van der Waals surface area contributed by atoms with Crippen LogP contribution in [0.1, 0.15) is 97.8 Å². The molecule has 0 radical (unpaired) electrons. The molecule has 1 unspecified atom stereocenters. The Hall–Kier alpha value is 0.190. The number of carbonyl (C=O) groups is 5. The third-order valence-corrected chi connectivity index (χ3v) is 13.8. The third kappa shape index (κ3) is 13.1. The first kappa shape index (κ1) is 52.2. The van der Waals surface area contributed by atoms with E-state index in [4.69, 9.17) is 10.2 Å². The van der Waals surface area contributed by atoms with Gasteiger partial charge in [0.25, 0.3) is 0 Å². The quantitative estimate of drug-likeness (QED) is 0.0425. The number of fused-ring (bicyclic) bond motifs is 5. The number of hydrogen-bond acceptors (Lipinski definition) is 9. The van der Waals surface area contributed by atoms with Crippen molar-refractivity contribution in [3.8, 4) is 0 Å². The van der Waals surface area contributed by atoms with E-state index in [1.807, 2.05) is 0 Å². The van der Waals surface area contributed by atoms with Crippen LogP contribution in [0.4, 0.5) is 0 Å². The molecular formula is C37H62N4Na3O10+3. The number of aliphatic carboxylic acids is 4. The number of nitrogens with one attached hydrogen (secondary N) is 3. The largest absolute Gasteiger partial charge is 1.00 e. The summed E-state index contributed by atoms with van der Waals surface area (Å²) < 4.78 is 0. The standard InChI is InChI=1S/C37H62N4O10.3Na/c1-22(4-11-32(44)45)26-7-8-27-25-6-5-23-18-24(12-13-36(23,2)28(25)19-30(42)37(26,27)3)40-31(43)10-9-29(35(50)51)41(16-14-38-20-33(46)47)17-15-39-21-34(48)49;;;/h22-30,38-39,42H,4-21H2,1-3H3,(H,40,43)(H,44,45)(H,46,47)(H,48,49)(H,50,51);;;/q;3*+1/t22-,23-,24+,25+,26-,27+,28+,29?,30+,36+,37-;;;/m1.../s1. The van der Waals surface area contributed by atoms with Gasteiger partial charge in [0.1, 0.15) is 6.04 Å². The summed E-state index contributed by atoms with van der Waals surface area (Å²) in [5, 5.41) is 57.7. The topological polar surface area (TPSA) is 226 Å². The van der Waals surface area contributed by atoms with Crippen molar-refractivity contribution in [2.75, 3.05) is 39.3 Å². The average Bonchev–Trinajstić information content (AvgIpc) is 3.42. The van der Waals surface area contributed by atoms with Crippen molar-refractivity contribution < 1.29 is 138 Å². The Labute approximate surface area is 386 Å². The van der Waals surface area contributed by atoms with Gasteiger partial charge in [-0.3, -0.25) is 28.9 Å². The Kier molecular flexibility index (Phi) is 22.9. The maximum Gasteiger partial charge on any atom is 1.00 e. The maximum absolute atomic E-state index is 13.2. The molecule has 14 nitrogen and oxygen atoms in total. The molecule has 0 bridgehead atoms. The second-order valence-electron chi connectivity index (χ2n) is 16.5. The van der Waals surface area contributed by atoms with E-state index in [-0.39, 0.29) is 176 Å². The van der Waals surface area contributed by atoms with Gasteiger partial charge in [-0.1, -0.05) is 20.8 Å². The molecule has 4 saturated carbocycles. The Morgan fingerprint density at radius 3 is 1.93 bits per heavy atom. The van der Waals surface area contributed by atoms with Crippen molar-refractivity contribution in [3.05, 3.63) is 0 Å². The second kappa shape index (κ2) is 23.7. The summed E-state index contributed by atoms with van der Waals surface area (Å²) >= 11 is 0. The van der Waals surface area contributed by atoms with Crippen LogP contribution in [0, 0.1) is 46.3 Å². The summed E-state index contributed by atoms with van der Waals surface area (Å²) in [4.78, 5) is 60.2. The number of carboxylic acid groups (broad SMARTS) is 4. The summed E-state index contributed by atoms with van der Waals surface area (Å²) in [6.45, 7) is 7.15. The molecule has 4 aliphatic rings. The van der Waals surface area contributed by atoms with E-state index in [0.29, 0.717) is 36.0 Å². The molecule has 0 aliphatic heterocycles. The predicted octanol–water partition coefficient (Wildman–Crippen LogP) is -6.50. The van der Waals surface area contributed by atoms with Gasteiger partial charge >= 0.3 is 113 Å². The van der Waals surface area contributed by atoms with E-state index in [1.54, 1.807) is 4.90 Å². The second-order valence-corrected chi connectivity index (χ2v) is 16.5. The minimum absolute atomic E-state index is 0. The van der Waals surface area contributed by atoms with Crippen molar-refractivity contribution >= 4 is 29.8 Å². The number of aliphatic hydroxyl groups is 1. The van der Waals surface area contributed by atoms with Crippen LogP contribution < -0.4 is 105 Å². The van der Waals surface area contributed by atoms with Crippen molar-refractivity contribution in [1.82, 2.24) is 20.9 Å². The van der Waals surface area contributed by atoms with Crippen LogP contribution >= 0.6 is 0 Å². The molecule has 8 N–H and O–H groups in total. The molecule has 4 fully saturated rings. The maximum atomic E-state index is 13.2. The van der Waals surface area contributed by atoms with Crippen LogP contribution in [0.3, 0.4) is 0 Å². The Bertz CT molecular complexity index is 1250. The number of hydrogen-bond donors (Lipinski definition) is 8. The first-order valence-corrected chi connectivity index (χ1v) is 19.1. The van der Waals surface area contributed by atoms with Crippen LogP contribution in [0.5, 0.6) is 0 Å². The normalized spacial score (nSPS) is 32.2. The van der Waals surface area contributed by atoms with E-state index in [0.717, 1.165) is 51.4 Å². The van der Waals surface area contributed by atoms with Gasteiger partial charge in [0.2, 0.25) is 5.91 Å². The van der Waals surface area contributed by atoms with Crippen LogP contribution in [-0.2, 0) is 24.0 Å². The zero-order chi connectivity index (χ0) is 37.5. The number of nitrogens with zero attached hydrogens (tertiary/aromatic N) is 1. The molecule has 290 valence electrons. The average molecular weight is 792 g/mol. The minimum atomic E-state index is -1.10. The molecule has 54 heavy (non-hydrogen) atoms. The zero-order valence-electron chi connectivity index (χ0n) is 33.6. The van der Waals surface area contributed by atoms with E-state index in [9.17, 15) is 39.3 Å². The summed E-state index contributed by atoms with van der Waals surface area (Å²) in [7, 11) is 0. The molecular weight excluding hydrogens is 729 g/mol. The summed E-state index contributed by atoms with van der Waals surface area (Å²) in [5.41, 5.74) is -0.126. The number of rotatable bonds is 20. The van der Waals surface area contributed by atoms with Gasteiger partial charge in [-0.05, 0) is 111 Å². The Morgan fingerprint density at radius 2 is 1.37 bits per heavy atom. The molecule has 4 aliphatic carbocycles. The fourth-order valence-corrected chi connectivity index (χ4v) is 11.2. The number of carboxylic acids is 4. The Morgan fingerprint density at radius 1 is 0.759 bits per heavy atom. The molecule has 11 atom stereocenters. The monoisotopic (exact) mass is 791 g/mol. The van der Waals surface area contributed by atoms with Gasteiger partial charge in [0.15, 0.2) is 0 Å². The van der Waals surface area contributed by atoms with Crippen LogP contribution in [-0.4, -0.2) is 118 Å². The van der Waals surface area contributed by atoms with Crippen molar-refractivity contribution in [3.63, 3.8) is 0 Å². The molecule has 17 heteroatoms. The molecule has 0 spiro atoms. The molecule has 0 heterocycles. The molecule has 0 saturated heterocycles. The zero-order valence-corrected chi connectivity index (χ0v) is 39.6. The van der Waals surface area contributed by atoms with Crippen LogP contribution in [0.25, 0.3) is 0 Å². The van der Waals surface area contributed by atoms with E-state index < -0.39 is 36.0 Å². The molecule has 4 rings (SSSR count). The summed E-state index contributed by atoms with van der Waals surface area (Å²) in [5.74, 6) is -1.76. The molecule has 1 amide bonds. The first-order chi connectivity index (χ1) is 24.1. The Balaban J connectivity index is 0.00000486. The fourth-order valence-electron chi connectivity index (χ4n) is 11.2. The summed E-state index contributed by atoms with van der Waals surface area (Å²) in [6.07, 6.45) is 8.19. The van der Waals surface area contributed by atoms with E-state index in [1.165, 1.54) is 0 Å². The van der Waals surface area contributed by atoms with Crippen molar-refractivity contribution in [1.29, 1.82) is 0 Å². The van der Waals surface area contributed by atoms with Crippen LogP contribution in [0.15, 0.2) is 0 Å². The SMILES string of the molecule is C[C@H](CCC(=O)O)[C@H]1CC[C@H]2[C@@H]3CC[C@@H]4C[C@@H](NC(=O)CCC(C(=O)O)N(CCNCC(=O)O)CCNCC(=O)O)CC[C@]4(C)[C@H]3C[C@H](O)[C@]12C.[Na+].[Na+].[Na+]. The van der Waals surface area contributed by atoms with Crippen LogP contribution in [0.2, 0.25) is 0 Å². The smallest absolute Gasteiger partial charge is 0.481 e. The van der Waals surface area contributed by atoms with E-state index >= 15 is 0 Å². The third-order valence-electron chi connectivity index (χ3n) is 13.8. The molecule has 0 aromatic carbocycles. The van der Waals surface area contributed by atoms with Gasteiger partial charge in [-0.15, -0.1) is 0 Å². The van der Waals surface area contributed by atoms with Gasteiger partial charge in [0, 0.05) is 45.1 Å². The molecule has 0 aromatic rings. The minimum Gasteiger partial charge on any atom is -0.481 e. The van der Waals surface area contributed by atoms with Gasteiger partial charge < -0.3 is 41.5 Å². The number of carbonyl (C=O) groups excluding carboxylic acids is 1. The van der Waals surface area contributed by atoms with Gasteiger partial charge in [0.05, 0.1) is 19.2 Å². The van der Waals surface area contributed by atoms with Crippen molar-refractivity contribution in [2.45, 2.75) is 116 Å². The van der Waals surface area contributed by atoms with Crippen molar-refractivity contribution in [2.24, 2.45) is 46.3 Å². The first-order valence-electron chi connectivity index (χ1n) is 19.1. The predicted molar refractivity (Wildman–Crippen MR) is 188 cm³/mol. The summed E-state index contributed by atoms with van der Waals surface area (Å²) in [6, 6.07) is -1.01. The van der Waals surface area contributed by atoms with Gasteiger partial charge in [-0.25, -0.2) is 0 Å². The number of aliphatic hydroxyl groups excluding tert-OH is 1. The van der Waals surface area contributed by atoms with Gasteiger partial charge in [-0.2, -0.15) is 0 Å². The fraction of sp³-hybridized carbons (Fsp3) is 0.865. The van der Waals surface area contributed by atoms with E-state index in [2.05, 4.69) is 36.7 Å². The number of amides is 1.